The highest BCUT2D eigenvalue weighted by atomic mass is 19.1. The Bertz CT molecular complexity index is 1210. The first kappa shape index (κ1) is 23.9. The van der Waals surface area contributed by atoms with Gasteiger partial charge in [-0.25, -0.2) is 4.39 Å². The van der Waals surface area contributed by atoms with Crippen LogP contribution in [0.5, 0.6) is 0 Å². The lowest BCUT2D eigenvalue weighted by atomic mass is 9.86. The summed E-state index contributed by atoms with van der Waals surface area (Å²) in [5, 5.41) is 28.0. The van der Waals surface area contributed by atoms with Crippen LogP contribution in [0.3, 0.4) is 0 Å². The molecule has 3 N–H and O–H groups in total. The SMILES string of the molecule is CC(C)(C)C(NC(=O)c1nn(Cc2ccc(C#N)cc2)c2ccc(F)cc12)C(=O)NCCO. The van der Waals surface area contributed by atoms with Crippen molar-refractivity contribution in [3.63, 3.8) is 0 Å². The molecule has 1 aromatic heterocycles. The quantitative estimate of drug-likeness (QED) is 0.509. The van der Waals surface area contributed by atoms with Crippen LogP contribution in [-0.2, 0) is 11.3 Å². The van der Waals surface area contributed by atoms with Crippen molar-refractivity contribution in [2.75, 3.05) is 13.2 Å². The Hall–Kier alpha value is -3.77. The van der Waals surface area contributed by atoms with Crippen LogP contribution in [0.4, 0.5) is 4.39 Å². The second-order valence-corrected chi connectivity index (χ2v) is 8.76. The third-order valence-electron chi connectivity index (χ3n) is 5.16. The molecule has 0 spiro atoms. The Balaban J connectivity index is 1.95. The van der Waals surface area contributed by atoms with Gasteiger partial charge in [0.15, 0.2) is 5.69 Å². The van der Waals surface area contributed by atoms with Crippen molar-refractivity contribution in [3.05, 3.63) is 65.1 Å². The van der Waals surface area contributed by atoms with Gasteiger partial charge < -0.3 is 15.7 Å². The fourth-order valence-electron chi connectivity index (χ4n) is 3.45. The Morgan fingerprint density at radius 2 is 1.91 bits per heavy atom. The Labute approximate surface area is 191 Å². The van der Waals surface area contributed by atoms with Crippen molar-refractivity contribution in [1.29, 1.82) is 5.26 Å². The molecule has 0 aliphatic carbocycles. The van der Waals surface area contributed by atoms with Crippen LogP contribution in [0.2, 0.25) is 0 Å². The number of carbonyl (C=O) groups excluding carboxylic acids is 2. The van der Waals surface area contributed by atoms with E-state index in [9.17, 15) is 14.0 Å². The summed E-state index contributed by atoms with van der Waals surface area (Å²) in [6, 6.07) is 12.2. The van der Waals surface area contributed by atoms with Gasteiger partial charge in [-0.1, -0.05) is 32.9 Å². The normalized spacial score (nSPS) is 12.2. The fourth-order valence-corrected chi connectivity index (χ4v) is 3.45. The van der Waals surface area contributed by atoms with Crippen molar-refractivity contribution < 1.29 is 19.1 Å². The number of carbonyl (C=O) groups is 2. The summed E-state index contributed by atoms with van der Waals surface area (Å²) in [7, 11) is 0. The molecule has 2 aromatic carbocycles. The zero-order chi connectivity index (χ0) is 24.2. The molecule has 0 saturated heterocycles. The highest BCUT2D eigenvalue weighted by Crippen LogP contribution is 2.24. The van der Waals surface area contributed by atoms with E-state index in [2.05, 4.69) is 21.8 Å². The maximum absolute atomic E-state index is 14.0. The molecule has 2 amide bonds. The summed E-state index contributed by atoms with van der Waals surface area (Å²) in [5.41, 5.74) is 1.32. The summed E-state index contributed by atoms with van der Waals surface area (Å²) in [5.74, 6) is -1.55. The zero-order valence-electron chi connectivity index (χ0n) is 18.7. The number of fused-ring (bicyclic) bond motifs is 1. The topological polar surface area (TPSA) is 120 Å². The third kappa shape index (κ3) is 5.54. The summed E-state index contributed by atoms with van der Waals surface area (Å²) in [6.07, 6.45) is 0. The molecule has 8 nitrogen and oxygen atoms in total. The number of aliphatic hydroxyl groups is 1. The third-order valence-corrected chi connectivity index (χ3v) is 5.16. The van der Waals surface area contributed by atoms with Crippen molar-refractivity contribution >= 4 is 22.7 Å². The molecule has 0 bridgehead atoms. The molecule has 9 heteroatoms. The molecule has 0 aliphatic rings. The van der Waals surface area contributed by atoms with E-state index in [1.807, 2.05) is 0 Å². The highest BCUT2D eigenvalue weighted by Gasteiger charge is 2.34. The summed E-state index contributed by atoms with van der Waals surface area (Å²) >= 11 is 0. The average molecular weight is 452 g/mol. The maximum Gasteiger partial charge on any atom is 0.273 e. The van der Waals surface area contributed by atoms with E-state index in [4.69, 9.17) is 10.4 Å². The molecule has 0 saturated carbocycles. The summed E-state index contributed by atoms with van der Waals surface area (Å²) in [4.78, 5) is 25.8. The van der Waals surface area contributed by atoms with Gasteiger partial charge in [0, 0.05) is 11.9 Å². The minimum atomic E-state index is -0.899. The number of amides is 2. The molecule has 33 heavy (non-hydrogen) atoms. The van der Waals surface area contributed by atoms with E-state index in [1.165, 1.54) is 12.1 Å². The lowest BCUT2D eigenvalue weighted by Crippen LogP contribution is -2.54. The van der Waals surface area contributed by atoms with Crippen LogP contribution in [0.1, 0.15) is 42.4 Å². The molecule has 1 unspecified atom stereocenters. The van der Waals surface area contributed by atoms with E-state index >= 15 is 0 Å². The van der Waals surface area contributed by atoms with E-state index in [0.29, 0.717) is 23.0 Å². The second kappa shape index (κ2) is 9.79. The number of aliphatic hydroxyl groups excluding tert-OH is 1. The molecule has 1 atom stereocenters. The Morgan fingerprint density at radius 3 is 2.52 bits per heavy atom. The van der Waals surface area contributed by atoms with Gasteiger partial charge in [0.05, 0.1) is 30.3 Å². The van der Waals surface area contributed by atoms with E-state index in [0.717, 1.165) is 5.56 Å². The van der Waals surface area contributed by atoms with Crippen LogP contribution in [0.15, 0.2) is 42.5 Å². The largest absolute Gasteiger partial charge is 0.395 e. The Kier molecular flexibility index (Phi) is 7.09. The Morgan fingerprint density at radius 1 is 1.21 bits per heavy atom. The molecule has 172 valence electrons. The monoisotopic (exact) mass is 451 g/mol. The smallest absolute Gasteiger partial charge is 0.273 e. The fraction of sp³-hybridized carbons (Fsp3) is 0.333. The number of benzene rings is 2. The van der Waals surface area contributed by atoms with E-state index in [-0.39, 0.29) is 18.8 Å². The second-order valence-electron chi connectivity index (χ2n) is 8.76. The number of nitrogens with zero attached hydrogens (tertiary/aromatic N) is 3. The van der Waals surface area contributed by atoms with Gasteiger partial charge in [-0.15, -0.1) is 0 Å². The zero-order valence-corrected chi connectivity index (χ0v) is 18.7. The summed E-state index contributed by atoms with van der Waals surface area (Å²) in [6.45, 7) is 5.56. The number of hydrogen-bond donors (Lipinski definition) is 3. The van der Waals surface area contributed by atoms with Crippen LogP contribution in [0, 0.1) is 22.6 Å². The van der Waals surface area contributed by atoms with Crippen molar-refractivity contribution in [2.24, 2.45) is 5.41 Å². The average Bonchev–Trinajstić information content (AvgIpc) is 3.12. The minimum absolute atomic E-state index is 0.00218. The first-order valence-corrected chi connectivity index (χ1v) is 10.5. The molecule has 0 fully saturated rings. The van der Waals surface area contributed by atoms with E-state index in [1.54, 1.807) is 55.8 Å². The lowest BCUT2D eigenvalue weighted by Gasteiger charge is -2.30. The number of aromatic nitrogens is 2. The van der Waals surface area contributed by atoms with Crippen LogP contribution in [-0.4, -0.2) is 45.9 Å². The van der Waals surface area contributed by atoms with Gasteiger partial charge in [-0.3, -0.25) is 14.3 Å². The standard InChI is InChI=1S/C24H26FN5O3/c1-24(2,3)21(23(33)27-10-11-31)28-22(32)20-18-12-17(25)8-9-19(18)30(29-20)14-16-6-4-15(13-26)5-7-16/h4-9,12,21,31H,10-11,14H2,1-3H3,(H,27,33)(H,28,32). The summed E-state index contributed by atoms with van der Waals surface area (Å²) < 4.78 is 15.6. The van der Waals surface area contributed by atoms with Gasteiger partial charge in [0.1, 0.15) is 11.9 Å². The molecule has 0 aliphatic heterocycles. The van der Waals surface area contributed by atoms with Gasteiger partial charge >= 0.3 is 0 Å². The van der Waals surface area contributed by atoms with Gasteiger partial charge in [-0.2, -0.15) is 10.4 Å². The number of rotatable bonds is 7. The molecular formula is C24H26FN5O3. The molecule has 3 aromatic rings. The predicted octanol–water partition coefficient (Wildman–Crippen LogP) is 2.35. The van der Waals surface area contributed by atoms with Gasteiger partial charge in [0.25, 0.3) is 5.91 Å². The first-order chi connectivity index (χ1) is 15.6. The van der Waals surface area contributed by atoms with Crippen molar-refractivity contribution in [3.8, 4) is 6.07 Å². The highest BCUT2D eigenvalue weighted by molar-refractivity contribution is 6.06. The number of halogens is 1. The van der Waals surface area contributed by atoms with Crippen molar-refractivity contribution in [1.82, 2.24) is 20.4 Å². The first-order valence-electron chi connectivity index (χ1n) is 10.5. The molecule has 1 heterocycles. The van der Waals surface area contributed by atoms with Crippen LogP contribution >= 0.6 is 0 Å². The van der Waals surface area contributed by atoms with Crippen molar-refractivity contribution in [2.45, 2.75) is 33.4 Å². The molecule has 3 rings (SSSR count). The van der Waals surface area contributed by atoms with Gasteiger partial charge in [-0.05, 0) is 41.3 Å². The number of nitrogens with one attached hydrogen (secondary N) is 2. The predicted molar refractivity (Wildman–Crippen MR) is 121 cm³/mol. The number of hydrogen-bond acceptors (Lipinski definition) is 5. The van der Waals surface area contributed by atoms with E-state index < -0.39 is 29.1 Å². The van der Waals surface area contributed by atoms with Gasteiger partial charge in [0.2, 0.25) is 5.91 Å². The van der Waals surface area contributed by atoms with Crippen LogP contribution < -0.4 is 10.6 Å². The molecule has 0 radical (unpaired) electrons. The minimum Gasteiger partial charge on any atom is -0.395 e. The van der Waals surface area contributed by atoms with Crippen LogP contribution in [0.25, 0.3) is 10.9 Å². The lowest BCUT2D eigenvalue weighted by molar-refractivity contribution is -0.125. The number of nitriles is 1. The maximum atomic E-state index is 14.0. The molecular weight excluding hydrogens is 425 g/mol.